The minimum atomic E-state index is -0.157. The topological polar surface area (TPSA) is 96.9 Å². The molecule has 8 heteroatoms. The van der Waals surface area contributed by atoms with Gasteiger partial charge in [0.2, 0.25) is 5.91 Å². The van der Waals surface area contributed by atoms with Gasteiger partial charge in [-0.3, -0.25) is 14.8 Å². The normalized spacial score (nSPS) is 17.5. The first-order chi connectivity index (χ1) is 11.8. The van der Waals surface area contributed by atoms with Crippen molar-refractivity contribution in [3.05, 3.63) is 24.5 Å². The number of ether oxygens (including phenoxy) is 2. The number of nitrogens with one attached hydrogen (secondary N) is 3. The number of guanidine groups is 1. The predicted octanol–water partition coefficient (Wildman–Crippen LogP) is 0.381. The fraction of sp³-hybridized carbons (Fsp3) is 0.562. The van der Waals surface area contributed by atoms with E-state index < -0.39 is 0 Å². The van der Waals surface area contributed by atoms with Crippen molar-refractivity contribution in [1.29, 1.82) is 0 Å². The zero-order valence-corrected chi connectivity index (χ0v) is 14.0. The molecule has 24 heavy (non-hydrogen) atoms. The summed E-state index contributed by atoms with van der Waals surface area (Å²) in [6.45, 7) is 3.02. The van der Waals surface area contributed by atoms with E-state index in [4.69, 9.17) is 9.47 Å². The van der Waals surface area contributed by atoms with Gasteiger partial charge in [-0.1, -0.05) is 0 Å². The molecule has 3 N–H and O–H groups in total. The molecule has 1 atom stereocenters. The maximum Gasteiger partial charge on any atom is 0.243 e. The van der Waals surface area contributed by atoms with Gasteiger partial charge in [-0.25, -0.2) is 0 Å². The second kappa shape index (κ2) is 10.6. The SMILES string of the molecule is CN=C(NCCCOC1CCOC1)NCC(=O)Nc1cccnc1. The fourth-order valence-corrected chi connectivity index (χ4v) is 2.20. The summed E-state index contributed by atoms with van der Waals surface area (Å²) < 4.78 is 10.9. The molecule has 2 rings (SSSR count). The Morgan fingerprint density at radius 3 is 3.12 bits per heavy atom. The molecule has 1 saturated heterocycles. The second-order valence-corrected chi connectivity index (χ2v) is 5.35. The highest BCUT2D eigenvalue weighted by atomic mass is 16.5. The van der Waals surface area contributed by atoms with E-state index >= 15 is 0 Å². The summed E-state index contributed by atoms with van der Waals surface area (Å²) >= 11 is 0. The maximum absolute atomic E-state index is 11.8. The van der Waals surface area contributed by atoms with Crippen LogP contribution in [0.25, 0.3) is 0 Å². The van der Waals surface area contributed by atoms with Crippen molar-refractivity contribution in [2.24, 2.45) is 4.99 Å². The number of anilines is 1. The van der Waals surface area contributed by atoms with Crippen LogP contribution in [0.15, 0.2) is 29.5 Å². The molecule has 1 amide bonds. The van der Waals surface area contributed by atoms with Crippen LogP contribution in [0, 0.1) is 0 Å². The molecule has 1 aliphatic heterocycles. The molecule has 1 unspecified atom stereocenters. The lowest BCUT2D eigenvalue weighted by Gasteiger charge is -2.13. The molecule has 1 aromatic rings. The Bertz CT molecular complexity index is 518. The lowest BCUT2D eigenvalue weighted by Crippen LogP contribution is -2.41. The van der Waals surface area contributed by atoms with Crippen molar-refractivity contribution in [2.45, 2.75) is 18.9 Å². The second-order valence-electron chi connectivity index (χ2n) is 5.35. The smallest absolute Gasteiger partial charge is 0.243 e. The zero-order chi connectivity index (χ0) is 17.0. The van der Waals surface area contributed by atoms with Crippen LogP contribution >= 0.6 is 0 Å². The predicted molar refractivity (Wildman–Crippen MR) is 92.0 cm³/mol. The van der Waals surface area contributed by atoms with E-state index in [1.54, 1.807) is 31.6 Å². The van der Waals surface area contributed by atoms with Crippen molar-refractivity contribution in [3.63, 3.8) is 0 Å². The molecule has 0 aromatic carbocycles. The third-order valence-electron chi connectivity index (χ3n) is 3.44. The summed E-state index contributed by atoms with van der Waals surface area (Å²) in [6.07, 6.45) is 5.32. The molecule has 0 bridgehead atoms. The van der Waals surface area contributed by atoms with E-state index in [0.29, 0.717) is 24.9 Å². The molecule has 132 valence electrons. The minimum Gasteiger partial charge on any atom is -0.379 e. The monoisotopic (exact) mass is 335 g/mol. The van der Waals surface area contributed by atoms with Crippen molar-refractivity contribution < 1.29 is 14.3 Å². The average Bonchev–Trinajstić information content (AvgIpc) is 3.11. The largest absolute Gasteiger partial charge is 0.379 e. The van der Waals surface area contributed by atoms with Crippen LogP contribution in [0.1, 0.15) is 12.8 Å². The van der Waals surface area contributed by atoms with Crippen LogP contribution < -0.4 is 16.0 Å². The molecule has 1 fully saturated rings. The summed E-state index contributed by atoms with van der Waals surface area (Å²) in [5, 5.41) is 8.87. The number of hydrogen-bond donors (Lipinski definition) is 3. The number of aromatic nitrogens is 1. The van der Waals surface area contributed by atoms with Gasteiger partial charge >= 0.3 is 0 Å². The van der Waals surface area contributed by atoms with E-state index in [1.165, 1.54) is 0 Å². The lowest BCUT2D eigenvalue weighted by molar-refractivity contribution is -0.115. The van der Waals surface area contributed by atoms with Crippen molar-refractivity contribution in [2.75, 3.05) is 45.3 Å². The number of nitrogens with zero attached hydrogens (tertiary/aromatic N) is 2. The number of rotatable bonds is 8. The highest BCUT2D eigenvalue weighted by molar-refractivity contribution is 5.94. The van der Waals surface area contributed by atoms with Gasteiger partial charge < -0.3 is 25.4 Å². The van der Waals surface area contributed by atoms with Crippen molar-refractivity contribution >= 4 is 17.6 Å². The first-order valence-corrected chi connectivity index (χ1v) is 8.11. The minimum absolute atomic E-state index is 0.129. The van der Waals surface area contributed by atoms with Crippen LogP contribution in [0.5, 0.6) is 0 Å². The van der Waals surface area contributed by atoms with E-state index in [0.717, 1.165) is 26.0 Å². The van der Waals surface area contributed by atoms with Crippen LogP contribution in [-0.2, 0) is 14.3 Å². The standard InChI is InChI=1S/C16H25N5O3/c1-17-16(19-7-3-8-24-14-5-9-23-12-14)20-11-15(22)21-13-4-2-6-18-10-13/h2,4,6,10,14H,3,5,7-9,11-12H2,1H3,(H,21,22)(H2,17,19,20). The summed E-state index contributed by atoms with van der Waals surface area (Å²) in [4.78, 5) is 19.9. The number of amides is 1. The van der Waals surface area contributed by atoms with E-state index in [9.17, 15) is 4.79 Å². The van der Waals surface area contributed by atoms with Crippen LogP contribution in [0.2, 0.25) is 0 Å². The Kier molecular flexibility index (Phi) is 7.99. The molecule has 0 saturated carbocycles. The molecular formula is C16H25N5O3. The number of hydrogen-bond acceptors (Lipinski definition) is 5. The molecule has 1 aliphatic rings. The Morgan fingerprint density at radius 2 is 2.42 bits per heavy atom. The Balaban J connectivity index is 1.55. The Hall–Kier alpha value is -2.19. The van der Waals surface area contributed by atoms with Gasteiger partial charge in [-0.2, -0.15) is 0 Å². The van der Waals surface area contributed by atoms with Crippen LogP contribution in [-0.4, -0.2) is 62.9 Å². The van der Waals surface area contributed by atoms with Gasteiger partial charge in [0.15, 0.2) is 5.96 Å². The van der Waals surface area contributed by atoms with Crippen LogP contribution in [0.4, 0.5) is 5.69 Å². The Morgan fingerprint density at radius 1 is 1.50 bits per heavy atom. The highest BCUT2D eigenvalue weighted by Crippen LogP contribution is 2.07. The number of pyridine rings is 1. The van der Waals surface area contributed by atoms with Gasteiger partial charge in [0.1, 0.15) is 0 Å². The maximum atomic E-state index is 11.8. The average molecular weight is 335 g/mol. The van der Waals surface area contributed by atoms with Gasteiger partial charge in [0.25, 0.3) is 0 Å². The third kappa shape index (κ3) is 6.93. The van der Waals surface area contributed by atoms with Gasteiger partial charge in [-0.15, -0.1) is 0 Å². The summed E-state index contributed by atoms with van der Waals surface area (Å²) in [5.74, 6) is 0.427. The summed E-state index contributed by atoms with van der Waals surface area (Å²) in [7, 11) is 1.67. The molecule has 2 heterocycles. The van der Waals surface area contributed by atoms with E-state index in [2.05, 4.69) is 25.9 Å². The van der Waals surface area contributed by atoms with Gasteiger partial charge in [0.05, 0.1) is 31.1 Å². The highest BCUT2D eigenvalue weighted by Gasteiger charge is 2.15. The first-order valence-electron chi connectivity index (χ1n) is 8.11. The molecule has 0 aliphatic carbocycles. The van der Waals surface area contributed by atoms with E-state index in [1.807, 2.05) is 0 Å². The molecule has 1 aromatic heterocycles. The Labute approximate surface area is 142 Å². The molecular weight excluding hydrogens is 310 g/mol. The van der Waals surface area contributed by atoms with E-state index in [-0.39, 0.29) is 18.6 Å². The lowest BCUT2D eigenvalue weighted by atomic mass is 10.3. The van der Waals surface area contributed by atoms with Crippen molar-refractivity contribution in [1.82, 2.24) is 15.6 Å². The molecule has 8 nitrogen and oxygen atoms in total. The first kappa shape index (κ1) is 18.2. The zero-order valence-electron chi connectivity index (χ0n) is 14.0. The van der Waals surface area contributed by atoms with Crippen LogP contribution in [0.3, 0.4) is 0 Å². The van der Waals surface area contributed by atoms with Gasteiger partial charge in [0, 0.05) is 33.0 Å². The quantitative estimate of drug-likeness (QED) is 0.361. The molecule has 0 spiro atoms. The number of carbonyl (C=O) groups excluding carboxylic acids is 1. The molecule has 0 radical (unpaired) electrons. The third-order valence-corrected chi connectivity index (χ3v) is 3.44. The van der Waals surface area contributed by atoms with Crippen molar-refractivity contribution in [3.8, 4) is 0 Å². The number of aliphatic imine (C=N–C) groups is 1. The van der Waals surface area contributed by atoms with Gasteiger partial charge in [-0.05, 0) is 25.0 Å². The summed E-state index contributed by atoms with van der Waals surface area (Å²) in [6, 6.07) is 3.55. The number of carbonyl (C=O) groups is 1. The fourth-order valence-electron chi connectivity index (χ4n) is 2.20. The summed E-state index contributed by atoms with van der Waals surface area (Å²) in [5.41, 5.74) is 0.667.